The number of carbonyl (C=O) groups is 2. The predicted octanol–water partition coefficient (Wildman–Crippen LogP) is 0.868. The largest absolute Gasteiger partial charge is 0.397 e. The molecule has 112 valence electrons. The topological polar surface area (TPSA) is 87.5 Å². The first-order valence-corrected chi connectivity index (χ1v) is 7.30. The molecule has 1 aromatic rings. The van der Waals surface area contributed by atoms with E-state index < -0.39 is 0 Å². The molecule has 2 heterocycles. The first kappa shape index (κ1) is 13.7. The molecule has 6 heteroatoms. The van der Waals surface area contributed by atoms with Gasteiger partial charge in [-0.2, -0.15) is 0 Å². The zero-order valence-electron chi connectivity index (χ0n) is 12.1. The molecular weight excluding hydrogens is 268 g/mol. The molecule has 0 saturated carbocycles. The fourth-order valence-electron chi connectivity index (χ4n) is 3.18. The molecule has 2 aliphatic rings. The minimum atomic E-state index is -0.186. The van der Waals surface area contributed by atoms with Gasteiger partial charge in [-0.05, 0) is 37.0 Å². The van der Waals surface area contributed by atoms with Gasteiger partial charge in [0.25, 0.3) is 0 Å². The van der Waals surface area contributed by atoms with Crippen molar-refractivity contribution >= 4 is 28.9 Å². The number of hydrogen-bond acceptors (Lipinski definition) is 4. The highest BCUT2D eigenvalue weighted by Crippen LogP contribution is 2.36. The maximum absolute atomic E-state index is 12.0. The normalized spacial score (nSPS) is 20.9. The van der Waals surface area contributed by atoms with E-state index in [1.165, 1.54) is 0 Å². The van der Waals surface area contributed by atoms with E-state index in [0.717, 1.165) is 36.3 Å². The Morgan fingerprint density at radius 1 is 1.43 bits per heavy atom. The van der Waals surface area contributed by atoms with Crippen LogP contribution in [0.25, 0.3) is 0 Å². The minimum Gasteiger partial charge on any atom is -0.397 e. The molecule has 0 bridgehead atoms. The number of likely N-dealkylation sites (N-methyl/N-ethyl adjacent to an activating group) is 1. The van der Waals surface area contributed by atoms with Gasteiger partial charge in [-0.3, -0.25) is 9.59 Å². The molecule has 0 spiro atoms. The Hall–Kier alpha value is -2.24. The lowest BCUT2D eigenvalue weighted by Crippen LogP contribution is -2.42. The molecule has 1 saturated heterocycles. The molecule has 1 unspecified atom stereocenters. The molecule has 0 aliphatic carbocycles. The third-order valence-electron chi connectivity index (χ3n) is 4.26. The van der Waals surface area contributed by atoms with Gasteiger partial charge in [0.15, 0.2) is 0 Å². The van der Waals surface area contributed by atoms with Gasteiger partial charge in [0.1, 0.15) is 6.04 Å². The highest BCUT2D eigenvalue weighted by atomic mass is 16.2. The number of aryl methyl sites for hydroxylation is 1. The summed E-state index contributed by atoms with van der Waals surface area (Å²) in [5, 5.41) is 5.59. The van der Waals surface area contributed by atoms with Crippen molar-refractivity contribution in [3.05, 3.63) is 17.7 Å². The SMILES string of the molecule is CNC(=O)C1CCCN1c1cc2c(cc1N)CCC(=O)N2. The summed E-state index contributed by atoms with van der Waals surface area (Å²) in [4.78, 5) is 25.6. The summed E-state index contributed by atoms with van der Waals surface area (Å²) in [7, 11) is 1.65. The molecule has 2 amide bonds. The molecule has 4 N–H and O–H groups in total. The molecule has 1 fully saturated rings. The van der Waals surface area contributed by atoms with E-state index in [0.29, 0.717) is 18.5 Å². The van der Waals surface area contributed by atoms with Crippen LogP contribution < -0.4 is 21.3 Å². The monoisotopic (exact) mass is 288 g/mol. The third-order valence-corrected chi connectivity index (χ3v) is 4.26. The van der Waals surface area contributed by atoms with Crippen LogP contribution in [-0.2, 0) is 16.0 Å². The van der Waals surface area contributed by atoms with E-state index in [9.17, 15) is 9.59 Å². The lowest BCUT2D eigenvalue weighted by molar-refractivity contribution is -0.121. The number of anilines is 3. The molecular formula is C15H20N4O2. The first-order chi connectivity index (χ1) is 10.1. The van der Waals surface area contributed by atoms with Gasteiger partial charge < -0.3 is 21.3 Å². The van der Waals surface area contributed by atoms with Crippen molar-refractivity contribution in [2.45, 2.75) is 31.7 Å². The lowest BCUT2D eigenvalue weighted by atomic mass is 10.0. The van der Waals surface area contributed by atoms with Crippen molar-refractivity contribution in [1.29, 1.82) is 0 Å². The Bertz CT molecular complexity index is 600. The maximum atomic E-state index is 12.0. The van der Waals surface area contributed by atoms with Crippen LogP contribution in [0.4, 0.5) is 17.1 Å². The number of fused-ring (bicyclic) bond motifs is 1. The van der Waals surface area contributed by atoms with Crippen LogP contribution in [0.5, 0.6) is 0 Å². The Morgan fingerprint density at radius 3 is 3.00 bits per heavy atom. The van der Waals surface area contributed by atoms with Gasteiger partial charge in [-0.25, -0.2) is 0 Å². The Balaban J connectivity index is 1.96. The number of rotatable bonds is 2. The average Bonchev–Trinajstić information content (AvgIpc) is 2.95. The van der Waals surface area contributed by atoms with Gasteiger partial charge in [0.05, 0.1) is 11.4 Å². The molecule has 6 nitrogen and oxygen atoms in total. The molecule has 0 aromatic heterocycles. The summed E-state index contributed by atoms with van der Waals surface area (Å²) in [5.74, 6) is 0.0381. The number of nitrogens with zero attached hydrogens (tertiary/aromatic N) is 1. The van der Waals surface area contributed by atoms with Crippen LogP contribution in [0.3, 0.4) is 0 Å². The van der Waals surface area contributed by atoms with Gasteiger partial charge in [0, 0.05) is 25.7 Å². The number of nitrogens with two attached hydrogens (primary N) is 1. The maximum Gasteiger partial charge on any atom is 0.242 e. The van der Waals surface area contributed by atoms with Crippen molar-refractivity contribution in [3.8, 4) is 0 Å². The second kappa shape index (κ2) is 5.27. The van der Waals surface area contributed by atoms with Crippen LogP contribution in [0.1, 0.15) is 24.8 Å². The van der Waals surface area contributed by atoms with Gasteiger partial charge in [-0.15, -0.1) is 0 Å². The second-order valence-electron chi connectivity index (χ2n) is 5.58. The highest BCUT2D eigenvalue weighted by molar-refractivity contribution is 5.96. The lowest BCUT2D eigenvalue weighted by Gasteiger charge is -2.29. The second-order valence-corrected chi connectivity index (χ2v) is 5.58. The number of nitrogens with one attached hydrogen (secondary N) is 2. The fourth-order valence-corrected chi connectivity index (χ4v) is 3.18. The fraction of sp³-hybridized carbons (Fsp3) is 0.467. The quantitative estimate of drug-likeness (QED) is 0.705. The number of benzene rings is 1. The van der Waals surface area contributed by atoms with Crippen LogP contribution in [-0.4, -0.2) is 31.4 Å². The minimum absolute atomic E-state index is 0.00802. The first-order valence-electron chi connectivity index (χ1n) is 7.30. The summed E-state index contributed by atoms with van der Waals surface area (Å²) in [5.41, 5.74) is 9.56. The van der Waals surface area contributed by atoms with Crippen molar-refractivity contribution < 1.29 is 9.59 Å². The Kier molecular flexibility index (Phi) is 3.45. The van der Waals surface area contributed by atoms with Gasteiger partial charge >= 0.3 is 0 Å². The van der Waals surface area contributed by atoms with Crippen LogP contribution >= 0.6 is 0 Å². The highest BCUT2D eigenvalue weighted by Gasteiger charge is 2.32. The zero-order valence-corrected chi connectivity index (χ0v) is 12.1. The molecule has 2 aliphatic heterocycles. The summed E-state index contributed by atoms with van der Waals surface area (Å²) >= 11 is 0. The number of carbonyl (C=O) groups excluding carboxylic acids is 2. The standard InChI is InChI=1S/C15H20N4O2/c1-17-15(21)12-3-2-6-19(12)13-8-11-9(7-10(13)16)4-5-14(20)18-11/h7-8,12H,2-6,16H2,1H3,(H,17,21)(H,18,20). The average molecular weight is 288 g/mol. The van der Waals surface area contributed by atoms with Gasteiger partial charge in [0.2, 0.25) is 11.8 Å². The Morgan fingerprint density at radius 2 is 2.24 bits per heavy atom. The summed E-state index contributed by atoms with van der Waals surface area (Å²) in [6.45, 7) is 0.801. The van der Waals surface area contributed by atoms with E-state index in [2.05, 4.69) is 10.6 Å². The van der Waals surface area contributed by atoms with Crippen LogP contribution in [0, 0.1) is 0 Å². The zero-order chi connectivity index (χ0) is 15.0. The number of nitrogen functional groups attached to an aromatic ring is 1. The van der Waals surface area contributed by atoms with Crippen molar-refractivity contribution in [2.24, 2.45) is 0 Å². The summed E-state index contributed by atoms with van der Waals surface area (Å²) < 4.78 is 0. The molecule has 1 aromatic carbocycles. The van der Waals surface area contributed by atoms with Crippen molar-refractivity contribution in [3.63, 3.8) is 0 Å². The van der Waals surface area contributed by atoms with E-state index in [1.54, 1.807) is 7.05 Å². The van der Waals surface area contributed by atoms with Crippen LogP contribution in [0.2, 0.25) is 0 Å². The molecule has 21 heavy (non-hydrogen) atoms. The van der Waals surface area contributed by atoms with Crippen molar-refractivity contribution in [1.82, 2.24) is 5.32 Å². The predicted molar refractivity (Wildman–Crippen MR) is 82.2 cm³/mol. The van der Waals surface area contributed by atoms with Crippen molar-refractivity contribution in [2.75, 3.05) is 29.5 Å². The molecule has 1 atom stereocenters. The Labute approximate surface area is 123 Å². The van der Waals surface area contributed by atoms with E-state index in [1.807, 2.05) is 17.0 Å². The summed E-state index contributed by atoms with van der Waals surface area (Å²) in [6, 6.07) is 3.64. The third kappa shape index (κ3) is 2.41. The molecule has 0 radical (unpaired) electrons. The van der Waals surface area contributed by atoms with E-state index in [-0.39, 0.29) is 17.9 Å². The molecule has 3 rings (SSSR count). The summed E-state index contributed by atoms with van der Waals surface area (Å²) in [6.07, 6.45) is 2.99. The number of hydrogen-bond donors (Lipinski definition) is 3. The smallest absolute Gasteiger partial charge is 0.242 e. The number of amides is 2. The van der Waals surface area contributed by atoms with E-state index in [4.69, 9.17) is 5.73 Å². The van der Waals surface area contributed by atoms with Crippen LogP contribution in [0.15, 0.2) is 12.1 Å². The van der Waals surface area contributed by atoms with Gasteiger partial charge in [-0.1, -0.05) is 0 Å². The van der Waals surface area contributed by atoms with E-state index >= 15 is 0 Å².